The van der Waals surface area contributed by atoms with E-state index >= 15 is 0 Å². The van der Waals surface area contributed by atoms with Crippen LogP contribution in [0, 0.1) is 5.92 Å². The fraction of sp³-hybridized carbons (Fsp3) is 0.933. The van der Waals surface area contributed by atoms with Crippen molar-refractivity contribution in [1.82, 2.24) is 10.6 Å². The average molecular weight is 267 g/mol. The molecular weight excluding hydrogens is 238 g/mol. The van der Waals surface area contributed by atoms with Crippen molar-refractivity contribution in [2.45, 2.75) is 57.5 Å². The third-order valence-corrected chi connectivity index (χ3v) is 4.31. The molecule has 0 bridgehead atoms. The number of ether oxygens (including phenoxy) is 1. The first kappa shape index (κ1) is 14.6. The molecule has 2 N–H and O–H groups in total. The van der Waals surface area contributed by atoms with Crippen LogP contribution in [0.15, 0.2) is 4.99 Å². The monoisotopic (exact) mass is 267 g/mol. The number of hydrogen-bond donors (Lipinski definition) is 2. The minimum absolute atomic E-state index is 0.372. The van der Waals surface area contributed by atoms with Crippen LogP contribution in [0.1, 0.15) is 51.4 Å². The highest BCUT2D eigenvalue weighted by molar-refractivity contribution is 5.79. The average Bonchev–Trinajstić information content (AvgIpc) is 2.97. The van der Waals surface area contributed by atoms with Gasteiger partial charge < -0.3 is 15.4 Å². The Hall–Kier alpha value is -0.770. The van der Waals surface area contributed by atoms with E-state index in [0.29, 0.717) is 6.10 Å². The maximum atomic E-state index is 5.60. The van der Waals surface area contributed by atoms with E-state index in [2.05, 4.69) is 15.6 Å². The lowest BCUT2D eigenvalue weighted by molar-refractivity contribution is 0.114. The molecule has 4 nitrogen and oxygen atoms in total. The van der Waals surface area contributed by atoms with Crippen LogP contribution in [0.4, 0.5) is 0 Å². The molecule has 1 aliphatic carbocycles. The molecule has 0 radical (unpaired) electrons. The molecule has 19 heavy (non-hydrogen) atoms. The third-order valence-electron chi connectivity index (χ3n) is 4.31. The van der Waals surface area contributed by atoms with Gasteiger partial charge in [-0.25, -0.2) is 0 Å². The SMILES string of the molecule is CN=C(NCCC1CCCCC1)NCC1CCCO1. The van der Waals surface area contributed by atoms with Crippen LogP contribution in [0.3, 0.4) is 0 Å². The van der Waals surface area contributed by atoms with E-state index in [-0.39, 0.29) is 0 Å². The summed E-state index contributed by atoms with van der Waals surface area (Å²) in [5, 5.41) is 6.79. The standard InChI is InChI=1S/C15H29N3O/c1-16-15(18-12-14-8-5-11-19-14)17-10-9-13-6-3-2-4-7-13/h13-14H,2-12H2,1H3,(H2,16,17,18). The summed E-state index contributed by atoms with van der Waals surface area (Å²) < 4.78 is 5.60. The van der Waals surface area contributed by atoms with E-state index < -0.39 is 0 Å². The summed E-state index contributed by atoms with van der Waals surface area (Å²) in [4.78, 5) is 4.27. The van der Waals surface area contributed by atoms with Crippen LogP contribution >= 0.6 is 0 Å². The van der Waals surface area contributed by atoms with Crippen molar-refractivity contribution in [3.8, 4) is 0 Å². The summed E-state index contributed by atoms with van der Waals surface area (Å²) >= 11 is 0. The maximum absolute atomic E-state index is 5.60. The minimum Gasteiger partial charge on any atom is -0.376 e. The fourth-order valence-corrected chi connectivity index (χ4v) is 3.11. The van der Waals surface area contributed by atoms with Gasteiger partial charge in [0.1, 0.15) is 0 Å². The summed E-state index contributed by atoms with van der Waals surface area (Å²) in [6.07, 6.45) is 11.2. The zero-order chi connectivity index (χ0) is 13.3. The summed E-state index contributed by atoms with van der Waals surface area (Å²) in [5.41, 5.74) is 0. The molecule has 0 aromatic rings. The highest BCUT2D eigenvalue weighted by Crippen LogP contribution is 2.25. The molecule has 1 atom stereocenters. The van der Waals surface area contributed by atoms with Gasteiger partial charge in [0.15, 0.2) is 5.96 Å². The van der Waals surface area contributed by atoms with Crippen molar-refractivity contribution in [3.63, 3.8) is 0 Å². The molecule has 110 valence electrons. The predicted molar refractivity (Wildman–Crippen MR) is 79.5 cm³/mol. The van der Waals surface area contributed by atoms with Crippen molar-refractivity contribution in [2.75, 3.05) is 26.7 Å². The van der Waals surface area contributed by atoms with E-state index in [1.54, 1.807) is 0 Å². The zero-order valence-electron chi connectivity index (χ0n) is 12.3. The smallest absolute Gasteiger partial charge is 0.191 e. The van der Waals surface area contributed by atoms with Gasteiger partial charge in [-0.1, -0.05) is 32.1 Å². The first-order valence-electron chi connectivity index (χ1n) is 7.94. The Morgan fingerprint density at radius 3 is 2.63 bits per heavy atom. The van der Waals surface area contributed by atoms with Crippen molar-refractivity contribution in [3.05, 3.63) is 0 Å². The number of nitrogens with zero attached hydrogens (tertiary/aromatic N) is 1. The predicted octanol–water partition coefficient (Wildman–Crippen LogP) is 2.30. The van der Waals surface area contributed by atoms with Crippen LogP contribution in [-0.2, 0) is 4.74 Å². The van der Waals surface area contributed by atoms with Crippen molar-refractivity contribution in [1.29, 1.82) is 0 Å². The molecule has 4 heteroatoms. The Morgan fingerprint density at radius 2 is 1.95 bits per heavy atom. The number of aliphatic imine (C=N–C) groups is 1. The van der Waals surface area contributed by atoms with Crippen molar-refractivity contribution < 1.29 is 4.74 Å². The third kappa shape index (κ3) is 5.39. The van der Waals surface area contributed by atoms with Crippen LogP contribution in [0.25, 0.3) is 0 Å². The molecule has 1 saturated carbocycles. The molecule has 2 aliphatic rings. The molecule has 0 spiro atoms. The normalized spacial score (nSPS) is 25.5. The summed E-state index contributed by atoms with van der Waals surface area (Å²) in [6, 6.07) is 0. The van der Waals surface area contributed by atoms with Gasteiger partial charge in [-0.05, 0) is 25.2 Å². The minimum atomic E-state index is 0.372. The lowest BCUT2D eigenvalue weighted by atomic mass is 9.87. The Morgan fingerprint density at radius 1 is 1.11 bits per heavy atom. The van der Waals surface area contributed by atoms with Crippen LogP contribution < -0.4 is 10.6 Å². The second kappa shape index (κ2) is 8.41. The number of nitrogens with one attached hydrogen (secondary N) is 2. The van der Waals surface area contributed by atoms with Crippen LogP contribution in [0.2, 0.25) is 0 Å². The van der Waals surface area contributed by atoms with Gasteiger partial charge in [0.25, 0.3) is 0 Å². The summed E-state index contributed by atoms with van der Waals surface area (Å²) in [5.74, 6) is 1.85. The molecular formula is C15H29N3O. The van der Waals surface area contributed by atoms with E-state index in [1.807, 2.05) is 7.05 Å². The van der Waals surface area contributed by atoms with E-state index in [0.717, 1.165) is 31.6 Å². The molecule has 1 heterocycles. The topological polar surface area (TPSA) is 45.7 Å². The Balaban J connectivity index is 1.56. The second-order valence-electron chi connectivity index (χ2n) is 5.81. The lowest BCUT2D eigenvalue weighted by Crippen LogP contribution is -2.41. The lowest BCUT2D eigenvalue weighted by Gasteiger charge is -2.22. The van der Waals surface area contributed by atoms with Gasteiger partial charge in [0.2, 0.25) is 0 Å². The van der Waals surface area contributed by atoms with Gasteiger partial charge in [-0.3, -0.25) is 4.99 Å². The van der Waals surface area contributed by atoms with Gasteiger partial charge >= 0.3 is 0 Å². The summed E-state index contributed by atoms with van der Waals surface area (Å²) in [7, 11) is 1.84. The molecule has 2 fully saturated rings. The molecule has 1 unspecified atom stereocenters. The number of guanidine groups is 1. The Bertz CT molecular complexity index is 269. The van der Waals surface area contributed by atoms with E-state index in [4.69, 9.17) is 4.74 Å². The number of rotatable bonds is 5. The molecule has 2 rings (SSSR count). The Labute approximate surface area is 117 Å². The second-order valence-corrected chi connectivity index (χ2v) is 5.81. The molecule has 0 aromatic heterocycles. The van der Waals surface area contributed by atoms with Crippen LogP contribution in [0.5, 0.6) is 0 Å². The highest BCUT2D eigenvalue weighted by atomic mass is 16.5. The molecule has 1 saturated heterocycles. The van der Waals surface area contributed by atoms with E-state index in [9.17, 15) is 0 Å². The molecule has 1 aliphatic heterocycles. The van der Waals surface area contributed by atoms with Crippen LogP contribution in [-0.4, -0.2) is 38.8 Å². The highest BCUT2D eigenvalue weighted by Gasteiger charge is 2.16. The summed E-state index contributed by atoms with van der Waals surface area (Å²) in [6.45, 7) is 2.83. The van der Waals surface area contributed by atoms with Gasteiger partial charge in [-0.15, -0.1) is 0 Å². The van der Waals surface area contributed by atoms with Crippen molar-refractivity contribution in [2.24, 2.45) is 10.9 Å². The quantitative estimate of drug-likeness (QED) is 0.593. The zero-order valence-corrected chi connectivity index (χ0v) is 12.3. The number of hydrogen-bond acceptors (Lipinski definition) is 2. The van der Waals surface area contributed by atoms with Crippen molar-refractivity contribution >= 4 is 5.96 Å². The Kier molecular flexibility index (Phi) is 6.48. The molecule has 0 amide bonds. The largest absolute Gasteiger partial charge is 0.376 e. The van der Waals surface area contributed by atoms with Gasteiger partial charge in [-0.2, -0.15) is 0 Å². The molecule has 0 aromatic carbocycles. The maximum Gasteiger partial charge on any atom is 0.191 e. The first-order valence-corrected chi connectivity index (χ1v) is 7.94. The first-order chi connectivity index (χ1) is 9.38. The van der Waals surface area contributed by atoms with Gasteiger partial charge in [0.05, 0.1) is 6.10 Å². The fourth-order valence-electron chi connectivity index (χ4n) is 3.11. The van der Waals surface area contributed by atoms with Gasteiger partial charge in [0, 0.05) is 26.7 Å². The van der Waals surface area contributed by atoms with E-state index in [1.165, 1.54) is 51.4 Å².